The summed E-state index contributed by atoms with van der Waals surface area (Å²) >= 11 is 0. The van der Waals surface area contributed by atoms with Crippen LogP contribution in [0.5, 0.6) is 0 Å². The van der Waals surface area contributed by atoms with E-state index >= 15 is 0 Å². The Kier molecular flexibility index (Phi) is 3.81. The average molecular weight is 747 g/mol. The maximum absolute atomic E-state index is 10.1. The van der Waals surface area contributed by atoms with Crippen molar-refractivity contribution in [1.29, 1.82) is 0 Å². The van der Waals surface area contributed by atoms with Crippen molar-refractivity contribution in [2.45, 2.75) is 0 Å². The van der Waals surface area contributed by atoms with E-state index in [1.807, 2.05) is 54.6 Å². The lowest BCUT2D eigenvalue weighted by Crippen LogP contribution is -1.97. The molecule has 12 rings (SSSR count). The van der Waals surface area contributed by atoms with Gasteiger partial charge in [0.25, 0.3) is 0 Å². The summed E-state index contributed by atoms with van der Waals surface area (Å²) in [6.07, 6.45) is 0. The van der Waals surface area contributed by atoms with Gasteiger partial charge in [-0.15, -0.1) is 0 Å². The first-order chi connectivity index (χ1) is 37.0. The van der Waals surface area contributed by atoms with E-state index in [4.69, 9.17) is 16.4 Å². The Bertz CT molecular complexity index is 4640. The minimum Gasteiger partial charge on any atom is -0.309 e. The summed E-state index contributed by atoms with van der Waals surface area (Å²) in [5, 5.41) is -1.94. The molecule has 0 N–H and O–H groups in total. The minimum atomic E-state index is -0.797. The van der Waals surface area contributed by atoms with Crippen molar-refractivity contribution in [3.8, 4) is 39.3 Å². The summed E-state index contributed by atoms with van der Waals surface area (Å²) in [6, 6.07) is 10.9. The van der Waals surface area contributed by atoms with Gasteiger partial charge in [-0.2, -0.15) is 0 Å². The van der Waals surface area contributed by atoms with Gasteiger partial charge in [0.1, 0.15) is 0 Å². The van der Waals surface area contributed by atoms with Crippen LogP contribution in [0.3, 0.4) is 0 Å². The van der Waals surface area contributed by atoms with Crippen LogP contribution >= 0.6 is 0 Å². The van der Waals surface area contributed by atoms with Gasteiger partial charge in [-0.05, 0) is 88.8 Å². The van der Waals surface area contributed by atoms with Crippen molar-refractivity contribution in [3.05, 3.63) is 212 Å². The fraction of sp³-hybridized carbons (Fsp3) is 0. The van der Waals surface area contributed by atoms with Crippen LogP contribution in [0.15, 0.2) is 212 Å². The van der Waals surface area contributed by atoms with Crippen LogP contribution < -0.4 is 0 Å². The second kappa shape index (κ2) is 12.5. The van der Waals surface area contributed by atoms with Crippen LogP contribution in [-0.4, -0.2) is 13.7 Å². The molecule has 0 bridgehead atoms. The Labute approximate surface area is 359 Å². The molecular weight excluding hydrogens is 691 g/mol. The molecule has 0 aliphatic rings. The van der Waals surface area contributed by atoms with E-state index in [9.17, 15) is 12.3 Å². The Morgan fingerprint density at radius 2 is 0.737 bits per heavy atom. The van der Waals surface area contributed by atoms with Gasteiger partial charge in [-0.25, -0.2) is 0 Å². The second-order valence-electron chi connectivity index (χ2n) is 13.4. The van der Waals surface area contributed by atoms with Gasteiger partial charge in [0, 0.05) is 43.7 Å². The minimum absolute atomic E-state index is 0.173. The Morgan fingerprint density at radius 3 is 1.35 bits per heavy atom. The van der Waals surface area contributed by atoms with Crippen LogP contribution in [0.2, 0.25) is 0 Å². The Morgan fingerprint density at radius 1 is 0.298 bits per heavy atom. The number of para-hydroxylation sites is 4. The first-order valence-corrected chi connectivity index (χ1v) is 17.9. The van der Waals surface area contributed by atoms with Gasteiger partial charge in [-0.1, -0.05) is 145 Å². The molecule has 57 heavy (non-hydrogen) atoms. The standard InChI is InChI=1S/C54H35N3/c1-2-13-36(14-3-1)37-25-27-38(28-26-37)39-29-31-40(32-30-39)55-50-22-11-7-18-45(50)54-52(55)23-12-24-53(54)57-49-21-10-6-17-44(49)46-35-41(33-34-51(46)57)56-47-19-8-4-15-42(47)43-16-5-9-20-48(43)56/h1-35H/i4D,5D,6D,7D,8D,9D,10D,11D,12D,15D,16D,17D,18D,19D,20D,21D,22D,23D,24D,34D,35D. The molecule has 0 amide bonds. The van der Waals surface area contributed by atoms with Crippen molar-refractivity contribution in [2.24, 2.45) is 0 Å². The van der Waals surface area contributed by atoms with E-state index in [-0.39, 0.29) is 43.8 Å². The fourth-order valence-corrected chi connectivity index (χ4v) is 7.83. The molecule has 0 aliphatic heterocycles. The molecule has 3 aromatic heterocycles. The van der Waals surface area contributed by atoms with Gasteiger partial charge in [-0.3, -0.25) is 0 Å². The van der Waals surface area contributed by atoms with Crippen molar-refractivity contribution in [3.63, 3.8) is 0 Å². The first-order valence-electron chi connectivity index (χ1n) is 28.4. The number of aromatic nitrogens is 3. The van der Waals surface area contributed by atoms with Gasteiger partial charge in [0.15, 0.2) is 0 Å². The van der Waals surface area contributed by atoms with Gasteiger partial charge < -0.3 is 13.7 Å². The highest BCUT2D eigenvalue weighted by atomic mass is 15.0. The van der Waals surface area contributed by atoms with Crippen molar-refractivity contribution in [2.75, 3.05) is 0 Å². The third-order valence-electron chi connectivity index (χ3n) is 10.3. The molecule has 3 nitrogen and oxygen atoms in total. The SMILES string of the molecule is [2H]c1c([2H])c([2H])c2c(c1[2H])c1c(-n3c4c([2H])cc(-n5c6c([2H])c([2H])c([2H])c([2H])c6c6c([2H])c([2H])c([2H])c([2H])c65)c([2H])c4c4c([2H])c([2H])c([2H])c([2H])c43)c([2H])c([2H])c([2H])c1n2-c1ccc(-c2ccc(-c3ccccc3)cc2)cc1. The van der Waals surface area contributed by atoms with E-state index in [1.54, 1.807) is 24.3 Å². The highest BCUT2D eigenvalue weighted by Crippen LogP contribution is 2.41. The summed E-state index contributed by atoms with van der Waals surface area (Å²) in [6.45, 7) is 0. The third-order valence-corrected chi connectivity index (χ3v) is 10.3. The van der Waals surface area contributed by atoms with Gasteiger partial charge >= 0.3 is 0 Å². The number of nitrogens with zero attached hydrogens (tertiary/aromatic N) is 3. The summed E-state index contributed by atoms with van der Waals surface area (Å²) in [5.74, 6) is 0. The van der Waals surface area contributed by atoms with Crippen LogP contribution in [0.4, 0.5) is 0 Å². The lowest BCUT2D eigenvalue weighted by Gasteiger charge is -2.13. The number of hydrogen-bond donors (Lipinski definition) is 0. The molecule has 9 aromatic carbocycles. The van der Waals surface area contributed by atoms with Gasteiger partial charge in [0.05, 0.1) is 67.6 Å². The number of hydrogen-bond acceptors (Lipinski definition) is 0. The summed E-state index contributed by atoms with van der Waals surface area (Å²) in [4.78, 5) is 0. The number of fused-ring (bicyclic) bond motifs is 9. The molecule has 12 aromatic rings. The predicted octanol–water partition coefficient (Wildman–Crippen LogP) is 14.3. The summed E-state index contributed by atoms with van der Waals surface area (Å²) in [7, 11) is 0. The maximum atomic E-state index is 10.1. The average Bonchev–Trinajstić information content (AvgIpc) is 4.29. The van der Waals surface area contributed by atoms with Crippen molar-refractivity contribution < 1.29 is 28.8 Å². The lowest BCUT2D eigenvalue weighted by atomic mass is 10.0. The fourth-order valence-electron chi connectivity index (χ4n) is 7.83. The molecule has 0 spiro atoms. The molecular formula is C54H35N3. The largest absolute Gasteiger partial charge is 0.309 e. The van der Waals surface area contributed by atoms with E-state index in [0.29, 0.717) is 0 Å². The van der Waals surface area contributed by atoms with Crippen molar-refractivity contribution in [1.82, 2.24) is 13.7 Å². The molecule has 0 fully saturated rings. The summed E-state index contributed by atoms with van der Waals surface area (Å²) in [5.41, 5.74) is 1.05. The molecule has 0 radical (unpaired) electrons. The highest BCUT2D eigenvalue weighted by molar-refractivity contribution is 6.17. The van der Waals surface area contributed by atoms with E-state index in [2.05, 4.69) is 0 Å². The lowest BCUT2D eigenvalue weighted by molar-refractivity contribution is 1.16. The molecule has 0 saturated carbocycles. The highest BCUT2D eigenvalue weighted by Gasteiger charge is 2.20. The molecule has 0 saturated heterocycles. The number of rotatable bonds is 5. The first kappa shape index (κ1) is 17.5. The predicted molar refractivity (Wildman–Crippen MR) is 240 cm³/mol. The van der Waals surface area contributed by atoms with Gasteiger partial charge in [0.2, 0.25) is 0 Å². The van der Waals surface area contributed by atoms with E-state index in [1.165, 1.54) is 4.57 Å². The van der Waals surface area contributed by atoms with Crippen LogP contribution in [0.25, 0.3) is 105 Å². The smallest absolute Gasteiger partial charge is 0.0652 e. The topological polar surface area (TPSA) is 14.8 Å². The second-order valence-corrected chi connectivity index (χ2v) is 13.4. The molecule has 266 valence electrons. The van der Waals surface area contributed by atoms with E-state index < -0.39 is 166 Å². The van der Waals surface area contributed by atoms with E-state index in [0.717, 1.165) is 37.5 Å². The van der Waals surface area contributed by atoms with Crippen LogP contribution in [0.1, 0.15) is 28.8 Å². The molecule has 0 atom stereocenters. The summed E-state index contributed by atoms with van der Waals surface area (Å²) < 4.78 is 196. The maximum Gasteiger partial charge on any atom is 0.0652 e. The monoisotopic (exact) mass is 746 g/mol. The van der Waals surface area contributed by atoms with Crippen LogP contribution in [0, 0.1) is 0 Å². The zero-order valence-electron chi connectivity index (χ0n) is 50.4. The number of benzene rings is 9. The molecule has 3 heteroatoms. The third kappa shape index (κ3) is 4.79. The quantitative estimate of drug-likeness (QED) is 0.167. The van der Waals surface area contributed by atoms with Crippen molar-refractivity contribution >= 4 is 65.4 Å². The Balaban J connectivity index is 1.23. The zero-order valence-corrected chi connectivity index (χ0v) is 29.4. The Hall–Kier alpha value is -7.62. The normalized spacial score (nSPS) is 17.0. The molecule has 0 unspecified atom stereocenters. The van der Waals surface area contributed by atoms with Crippen LogP contribution in [-0.2, 0) is 0 Å². The molecule has 3 heterocycles. The molecule has 0 aliphatic carbocycles. The zero-order chi connectivity index (χ0) is 55.7.